The maximum absolute atomic E-state index is 13.8. The summed E-state index contributed by atoms with van der Waals surface area (Å²) in [5, 5.41) is 24.3. The van der Waals surface area contributed by atoms with E-state index >= 15 is 0 Å². The molecule has 1 aromatic carbocycles. The Balaban J connectivity index is 1.63. The van der Waals surface area contributed by atoms with Gasteiger partial charge in [0.1, 0.15) is 6.10 Å². The SMILES string of the molecule is Cc1cc(O)c2c3c1C[C@@H]1[C@@H]4CCC[C@H](O2)[C@]34CC[N+]1([O-])C1CC1. The van der Waals surface area contributed by atoms with E-state index in [4.69, 9.17) is 4.74 Å². The van der Waals surface area contributed by atoms with Crippen LogP contribution >= 0.6 is 0 Å². The Morgan fingerprint density at radius 2 is 2.12 bits per heavy atom. The van der Waals surface area contributed by atoms with Crippen molar-refractivity contribution in [3.63, 3.8) is 0 Å². The zero-order valence-corrected chi connectivity index (χ0v) is 14.3. The van der Waals surface area contributed by atoms with Gasteiger partial charge in [0, 0.05) is 37.2 Å². The third-order valence-corrected chi connectivity index (χ3v) is 8.01. The fourth-order valence-electron chi connectivity index (χ4n) is 6.93. The summed E-state index contributed by atoms with van der Waals surface area (Å²) in [6.45, 7) is 2.84. The first-order valence-corrected chi connectivity index (χ1v) is 9.67. The van der Waals surface area contributed by atoms with E-state index in [1.165, 1.54) is 11.1 Å². The average molecular weight is 327 g/mol. The number of hydrogen-bond acceptors (Lipinski definition) is 3. The minimum Gasteiger partial charge on any atom is -0.632 e. The van der Waals surface area contributed by atoms with Crippen LogP contribution in [0.5, 0.6) is 11.5 Å². The molecule has 3 fully saturated rings. The fourth-order valence-corrected chi connectivity index (χ4v) is 6.93. The molecule has 1 saturated heterocycles. The first-order chi connectivity index (χ1) is 11.6. The number of phenols is 1. The van der Waals surface area contributed by atoms with Crippen LogP contribution in [0, 0.1) is 18.0 Å². The molecule has 2 aliphatic heterocycles. The van der Waals surface area contributed by atoms with Crippen LogP contribution < -0.4 is 4.74 Å². The Hall–Kier alpha value is -1.26. The lowest BCUT2D eigenvalue weighted by Gasteiger charge is -2.64. The van der Waals surface area contributed by atoms with Crippen molar-refractivity contribution in [1.29, 1.82) is 0 Å². The molecule has 2 heterocycles. The molecule has 1 N–H and O–H groups in total. The number of nitrogens with zero attached hydrogens (tertiary/aromatic N) is 1. The van der Waals surface area contributed by atoms with Crippen molar-refractivity contribution in [2.24, 2.45) is 5.92 Å². The van der Waals surface area contributed by atoms with E-state index in [2.05, 4.69) is 6.92 Å². The van der Waals surface area contributed by atoms with Crippen LogP contribution in [0.15, 0.2) is 6.07 Å². The lowest BCUT2D eigenvalue weighted by molar-refractivity contribution is -0.928. The molecule has 0 aromatic heterocycles. The Morgan fingerprint density at radius 3 is 2.92 bits per heavy atom. The highest BCUT2D eigenvalue weighted by molar-refractivity contribution is 5.62. The monoisotopic (exact) mass is 327 g/mol. The topological polar surface area (TPSA) is 52.5 Å². The van der Waals surface area contributed by atoms with Gasteiger partial charge in [0.2, 0.25) is 0 Å². The molecule has 1 spiro atoms. The highest BCUT2D eigenvalue weighted by Gasteiger charge is 2.68. The van der Waals surface area contributed by atoms with Crippen LogP contribution in [0.3, 0.4) is 0 Å². The van der Waals surface area contributed by atoms with Crippen molar-refractivity contribution in [3.05, 3.63) is 28.0 Å². The maximum Gasteiger partial charge on any atom is 0.165 e. The number of quaternary nitrogens is 1. The molecule has 5 aliphatic rings. The van der Waals surface area contributed by atoms with Gasteiger partial charge in [-0.15, -0.1) is 0 Å². The van der Waals surface area contributed by atoms with E-state index < -0.39 is 0 Å². The number of benzene rings is 1. The van der Waals surface area contributed by atoms with Gasteiger partial charge in [0.15, 0.2) is 11.5 Å². The quantitative estimate of drug-likeness (QED) is 0.636. The molecule has 1 aromatic rings. The second-order valence-electron chi connectivity index (χ2n) is 8.91. The molecule has 4 nitrogen and oxygen atoms in total. The zero-order chi connectivity index (χ0) is 16.3. The maximum atomic E-state index is 13.8. The van der Waals surface area contributed by atoms with Crippen LogP contribution in [-0.2, 0) is 11.8 Å². The molecule has 0 radical (unpaired) electrons. The van der Waals surface area contributed by atoms with E-state index in [1.54, 1.807) is 0 Å². The molecule has 2 saturated carbocycles. The van der Waals surface area contributed by atoms with Crippen LogP contribution in [0.1, 0.15) is 55.2 Å². The van der Waals surface area contributed by atoms with Crippen LogP contribution in [0.4, 0.5) is 0 Å². The number of piperidine rings is 1. The molecule has 0 amide bonds. The summed E-state index contributed by atoms with van der Waals surface area (Å²) >= 11 is 0. The first-order valence-electron chi connectivity index (χ1n) is 9.67. The van der Waals surface area contributed by atoms with Crippen molar-refractivity contribution >= 4 is 0 Å². The number of ether oxygens (including phenoxy) is 1. The van der Waals surface area contributed by atoms with E-state index in [0.717, 1.165) is 62.8 Å². The second-order valence-corrected chi connectivity index (χ2v) is 8.91. The summed E-state index contributed by atoms with van der Waals surface area (Å²) in [5.41, 5.74) is 3.78. The summed E-state index contributed by atoms with van der Waals surface area (Å²) in [6.07, 6.45) is 7.62. The Labute approximate surface area is 142 Å². The minimum absolute atomic E-state index is 0.0103. The molecule has 4 heteroatoms. The van der Waals surface area contributed by atoms with Gasteiger partial charge in [0.25, 0.3) is 0 Å². The number of aromatic hydroxyl groups is 1. The Kier molecular flexibility index (Phi) is 2.39. The summed E-state index contributed by atoms with van der Waals surface area (Å²) in [4.78, 5) is 0. The third-order valence-electron chi connectivity index (χ3n) is 8.01. The van der Waals surface area contributed by atoms with Crippen LogP contribution in [0.25, 0.3) is 0 Å². The van der Waals surface area contributed by atoms with Gasteiger partial charge in [0.05, 0.1) is 24.0 Å². The van der Waals surface area contributed by atoms with Gasteiger partial charge in [-0.3, -0.25) is 0 Å². The van der Waals surface area contributed by atoms with Gasteiger partial charge in [-0.25, -0.2) is 0 Å². The Bertz CT molecular complexity index is 758. The van der Waals surface area contributed by atoms with Gasteiger partial charge in [-0.2, -0.15) is 0 Å². The fraction of sp³-hybridized carbons (Fsp3) is 0.700. The van der Waals surface area contributed by atoms with Crippen LogP contribution in [0.2, 0.25) is 0 Å². The molecular formula is C20H25NO3. The summed E-state index contributed by atoms with van der Waals surface area (Å²) in [5.74, 6) is 1.50. The largest absolute Gasteiger partial charge is 0.632 e. The van der Waals surface area contributed by atoms with Crippen molar-refractivity contribution in [1.82, 2.24) is 0 Å². The molecule has 1 unspecified atom stereocenters. The average Bonchev–Trinajstić information content (AvgIpc) is 3.35. The zero-order valence-electron chi connectivity index (χ0n) is 14.3. The van der Waals surface area contributed by atoms with Gasteiger partial charge >= 0.3 is 0 Å². The minimum atomic E-state index is 0.0103. The smallest absolute Gasteiger partial charge is 0.165 e. The number of aryl methyl sites for hydroxylation is 1. The number of hydroxylamine groups is 3. The van der Waals surface area contributed by atoms with Crippen molar-refractivity contribution in [2.45, 2.75) is 75.5 Å². The molecular weight excluding hydrogens is 302 g/mol. The molecule has 6 rings (SSSR count). The van der Waals surface area contributed by atoms with Crippen molar-refractivity contribution < 1.29 is 14.5 Å². The van der Waals surface area contributed by atoms with E-state index in [0.29, 0.717) is 17.7 Å². The number of phenolic OH excluding ortho intramolecular Hbond substituents is 1. The van der Waals surface area contributed by atoms with Crippen LogP contribution in [-0.4, -0.2) is 34.5 Å². The standard InChI is InChI=1S/C20H25NO3/c1-11-9-16(22)19-18-13(11)10-15-14-3-2-4-17(24-19)20(14,18)7-8-21(15,23)12-5-6-12/h9,12,14-15,17,22H,2-8,10H2,1H3/t14-,15+,17-,20+,21?/m0/s1. The van der Waals surface area contributed by atoms with E-state index in [-0.39, 0.29) is 22.2 Å². The van der Waals surface area contributed by atoms with Gasteiger partial charge < -0.3 is 19.7 Å². The number of rotatable bonds is 1. The van der Waals surface area contributed by atoms with Gasteiger partial charge in [-0.05, 0) is 43.4 Å². The Morgan fingerprint density at radius 1 is 1.29 bits per heavy atom. The number of hydrogen-bond donors (Lipinski definition) is 1. The highest BCUT2D eigenvalue weighted by atomic mass is 16.6. The number of likely N-dealkylation sites (tertiary alicyclic amines) is 1. The lowest BCUT2D eigenvalue weighted by Crippen LogP contribution is -2.70. The first kappa shape index (κ1) is 14.0. The lowest BCUT2D eigenvalue weighted by atomic mass is 9.51. The van der Waals surface area contributed by atoms with E-state index in [1.807, 2.05) is 6.07 Å². The molecule has 2 bridgehead atoms. The normalized spacial score (nSPS) is 44.8. The second kappa shape index (κ2) is 4.10. The molecule has 5 atom stereocenters. The highest BCUT2D eigenvalue weighted by Crippen LogP contribution is 2.66. The van der Waals surface area contributed by atoms with E-state index in [9.17, 15) is 10.3 Å². The molecule has 128 valence electrons. The third kappa shape index (κ3) is 1.37. The van der Waals surface area contributed by atoms with Gasteiger partial charge in [-0.1, -0.05) is 0 Å². The summed E-state index contributed by atoms with van der Waals surface area (Å²) in [7, 11) is 0. The predicted molar refractivity (Wildman–Crippen MR) is 89.9 cm³/mol. The summed E-state index contributed by atoms with van der Waals surface area (Å²) in [6, 6.07) is 2.42. The molecule has 24 heavy (non-hydrogen) atoms. The van der Waals surface area contributed by atoms with Crippen molar-refractivity contribution in [3.8, 4) is 11.5 Å². The molecule has 3 aliphatic carbocycles. The summed E-state index contributed by atoms with van der Waals surface area (Å²) < 4.78 is 6.41. The predicted octanol–water partition coefficient (Wildman–Crippen LogP) is 3.30. The van der Waals surface area contributed by atoms with Crippen molar-refractivity contribution in [2.75, 3.05) is 6.54 Å².